The standard InChI is InChI=1S/C27H25IN2O2/c1-17-5-7-23(8-6-17)30-27(31)22(16-29)12-21-14-25(28)24(26(15-21)32-4)13-20-10-18(2)9-19(3)11-20/h5-12,14-15H,13H2,1-4H3,(H,30,31)/b22-12+. The molecule has 0 heterocycles. The molecule has 1 N–H and O–H groups in total. The number of hydrogen-bond acceptors (Lipinski definition) is 3. The number of rotatable bonds is 6. The second-order valence-electron chi connectivity index (χ2n) is 7.85. The first kappa shape index (κ1) is 23.6. The quantitative estimate of drug-likeness (QED) is 0.227. The highest BCUT2D eigenvalue weighted by molar-refractivity contribution is 14.1. The number of anilines is 1. The summed E-state index contributed by atoms with van der Waals surface area (Å²) in [5.41, 5.74) is 7.28. The summed E-state index contributed by atoms with van der Waals surface area (Å²) in [6.07, 6.45) is 2.34. The van der Waals surface area contributed by atoms with E-state index >= 15 is 0 Å². The summed E-state index contributed by atoms with van der Waals surface area (Å²) in [6.45, 7) is 6.17. The van der Waals surface area contributed by atoms with E-state index < -0.39 is 5.91 Å². The minimum Gasteiger partial charge on any atom is -0.496 e. The van der Waals surface area contributed by atoms with E-state index in [0.717, 1.165) is 32.4 Å². The second-order valence-corrected chi connectivity index (χ2v) is 9.01. The molecule has 3 aromatic carbocycles. The Morgan fingerprint density at radius 1 is 1.03 bits per heavy atom. The molecular formula is C27H25IN2O2. The Morgan fingerprint density at radius 3 is 2.28 bits per heavy atom. The molecular weight excluding hydrogens is 511 g/mol. The van der Waals surface area contributed by atoms with Gasteiger partial charge >= 0.3 is 0 Å². The van der Waals surface area contributed by atoms with Crippen LogP contribution in [0.15, 0.2) is 60.2 Å². The molecule has 0 unspecified atom stereocenters. The molecule has 0 aromatic heterocycles. The molecule has 0 saturated carbocycles. The van der Waals surface area contributed by atoms with Crippen LogP contribution in [0.1, 0.15) is 33.4 Å². The number of benzene rings is 3. The van der Waals surface area contributed by atoms with E-state index in [0.29, 0.717) is 5.69 Å². The first-order chi connectivity index (χ1) is 15.3. The van der Waals surface area contributed by atoms with Crippen molar-refractivity contribution in [1.29, 1.82) is 5.26 Å². The zero-order chi connectivity index (χ0) is 23.3. The third-order valence-electron chi connectivity index (χ3n) is 5.04. The predicted molar refractivity (Wildman–Crippen MR) is 138 cm³/mol. The van der Waals surface area contributed by atoms with Crippen molar-refractivity contribution in [3.05, 3.63) is 97.1 Å². The SMILES string of the molecule is COc1cc(/C=C(\C#N)C(=O)Nc2ccc(C)cc2)cc(I)c1Cc1cc(C)cc(C)c1. The number of aryl methyl sites for hydroxylation is 3. The van der Waals surface area contributed by atoms with Gasteiger partial charge < -0.3 is 10.1 Å². The molecule has 3 aromatic rings. The topological polar surface area (TPSA) is 62.1 Å². The molecule has 32 heavy (non-hydrogen) atoms. The maximum atomic E-state index is 12.6. The Balaban J connectivity index is 1.89. The lowest BCUT2D eigenvalue weighted by molar-refractivity contribution is -0.112. The number of ether oxygens (including phenoxy) is 1. The summed E-state index contributed by atoms with van der Waals surface area (Å²) in [4.78, 5) is 12.6. The van der Waals surface area contributed by atoms with Crippen LogP contribution in [0.4, 0.5) is 5.69 Å². The Morgan fingerprint density at radius 2 is 1.69 bits per heavy atom. The van der Waals surface area contributed by atoms with Crippen LogP contribution >= 0.6 is 22.6 Å². The van der Waals surface area contributed by atoms with Crippen LogP contribution in [-0.2, 0) is 11.2 Å². The van der Waals surface area contributed by atoms with Crippen molar-refractivity contribution in [2.45, 2.75) is 27.2 Å². The zero-order valence-electron chi connectivity index (χ0n) is 18.6. The van der Waals surface area contributed by atoms with Crippen molar-refractivity contribution >= 4 is 40.3 Å². The Hall–Kier alpha value is -3.11. The lowest BCUT2D eigenvalue weighted by Gasteiger charge is -2.14. The summed E-state index contributed by atoms with van der Waals surface area (Å²) >= 11 is 2.28. The van der Waals surface area contributed by atoms with Gasteiger partial charge in [0.25, 0.3) is 5.91 Å². The number of nitrogens with zero attached hydrogens (tertiary/aromatic N) is 1. The highest BCUT2D eigenvalue weighted by atomic mass is 127. The van der Waals surface area contributed by atoms with E-state index in [1.165, 1.54) is 16.7 Å². The predicted octanol–water partition coefficient (Wildman–Crippen LogP) is 6.36. The van der Waals surface area contributed by atoms with Crippen molar-refractivity contribution in [3.63, 3.8) is 0 Å². The monoisotopic (exact) mass is 536 g/mol. The lowest BCUT2D eigenvalue weighted by Crippen LogP contribution is -2.13. The Labute approximate surface area is 203 Å². The van der Waals surface area contributed by atoms with Crippen LogP contribution in [0.5, 0.6) is 5.75 Å². The molecule has 4 nitrogen and oxygen atoms in total. The third-order valence-corrected chi connectivity index (χ3v) is 6.01. The van der Waals surface area contributed by atoms with Crippen molar-refractivity contribution < 1.29 is 9.53 Å². The number of carbonyl (C=O) groups is 1. The Bertz CT molecular complexity index is 1200. The molecule has 0 atom stereocenters. The van der Waals surface area contributed by atoms with Crippen molar-refractivity contribution in [3.8, 4) is 11.8 Å². The van der Waals surface area contributed by atoms with E-state index in [4.69, 9.17) is 4.74 Å². The largest absolute Gasteiger partial charge is 0.496 e. The van der Waals surface area contributed by atoms with Crippen LogP contribution in [0, 0.1) is 35.7 Å². The molecule has 0 bridgehead atoms. The normalized spacial score (nSPS) is 11.1. The van der Waals surface area contributed by atoms with Gasteiger partial charge in [-0.15, -0.1) is 0 Å². The van der Waals surface area contributed by atoms with Gasteiger partial charge in [-0.2, -0.15) is 5.26 Å². The molecule has 3 rings (SSSR count). The average Bonchev–Trinajstić information content (AvgIpc) is 2.74. The van der Waals surface area contributed by atoms with Gasteiger partial charge in [-0.1, -0.05) is 47.0 Å². The molecule has 0 radical (unpaired) electrons. The first-order valence-electron chi connectivity index (χ1n) is 10.2. The summed E-state index contributed by atoms with van der Waals surface area (Å²) in [5, 5.41) is 12.3. The van der Waals surface area contributed by atoms with E-state index in [1.54, 1.807) is 13.2 Å². The maximum Gasteiger partial charge on any atom is 0.266 e. The fourth-order valence-corrected chi connectivity index (χ4v) is 4.41. The molecule has 0 aliphatic carbocycles. The lowest BCUT2D eigenvalue weighted by atomic mass is 9.98. The molecule has 0 aliphatic heterocycles. The first-order valence-corrected chi connectivity index (χ1v) is 11.3. The van der Waals surface area contributed by atoms with Gasteiger partial charge in [0, 0.05) is 21.2 Å². The molecule has 0 saturated heterocycles. The van der Waals surface area contributed by atoms with E-state index in [1.807, 2.05) is 49.4 Å². The van der Waals surface area contributed by atoms with Gasteiger partial charge in [-0.3, -0.25) is 4.79 Å². The summed E-state index contributed by atoms with van der Waals surface area (Å²) < 4.78 is 6.68. The number of nitrogens with one attached hydrogen (secondary N) is 1. The Kier molecular flexibility index (Phi) is 7.70. The van der Waals surface area contributed by atoms with Crippen LogP contribution in [0.3, 0.4) is 0 Å². The maximum absolute atomic E-state index is 12.6. The van der Waals surface area contributed by atoms with E-state index in [9.17, 15) is 10.1 Å². The van der Waals surface area contributed by atoms with Crippen LogP contribution < -0.4 is 10.1 Å². The highest BCUT2D eigenvalue weighted by Crippen LogP contribution is 2.30. The molecule has 0 spiro atoms. The van der Waals surface area contributed by atoms with E-state index in [2.05, 4.69) is 60.0 Å². The van der Waals surface area contributed by atoms with Crippen LogP contribution in [0.25, 0.3) is 6.08 Å². The summed E-state index contributed by atoms with van der Waals surface area (Å²) in [7, 11) is 1.64. The van der Waals surface area contributed by atoms with Crippen molar-refractivity contribution in [2.24, 2.45) is 0 Å². The number of methoxy groups -OCH3 is 1. The molecule has 0 aliphatic rings. The highest BCUT2D eigenvalue weighted by Gasteiger charge is 2.14. The smallest absolute Gasteiger partial charge is 0.266 e. The van der Waals surface area contributed by atoms with Gasteiger partial charge in [-0.05, 0) is 84.8 Å². The number of amides is 1. The fraction of sp³-hybridized carbons (Fsp3) is 0.185. The summed E-state index contributed by atoms with van der Waals surface area (Å²) in [6, 6.07) is 19.8. The van der Waals surface area contributed by atoms with Gasteiger partial charge in [0.15, 0.2) is 0 Å². The molecule has 5 heteroatoms. The number of carbonyl (C=O) groups excluding carboxylic acids is 1. The summed E-state index contributed by atoms with van der Waals surface area (Å²) in [5.74, 6) is 0.295. The van der Waals surface area contributed by atoms with Gasteiger partial charge in [0.2, 0.25) is 0 Å². The number of halogens is 1. The van der Waals surface area contributed by atoms with Gasteiger partial charge in [-0.25, -0.2) is 0 Å². The third kappa shape index (κ3) is 5.98. The van der Waals surface area contributed by atoms with E-state index in [-0.39, 0.29) is 5.57 Å². The minimum atomic E-state index is -0.440. The van der Waals surface area contributed by atoms with Crippen LogP contribution in [0.2, 0.25) is 0 Å². The molecule has 0 fully saturated rings. The fourth-order valence-electron chi connectivity index (χ4n) is 3.59. The van der Waals surface area contributed by atoms with Crippen LogP contribution in [-0.4, -0.2) is 13.0 Å². The second kappa shape index (κ2) is 10.5. The number of nitriles is 1. The molecule has 162 valence electrons. The van der Waals surface area contributed by atoms with Crippen molar-refractivity contribution in [1.82, 2.24) is 0 Å². The van der Waals surface area contributed by atoms with Crippen molar-refractivity contribution in [2.75, 3.05) is 12.4 Å². The minimum absolute atomic E-state index is 0.0329. The van der Waals surface area contributed by atoms with Gasteiger partial charge in [0.1, 0.15) is 17.4 Å². The average molecular weight is 536 g/mol. The zero-order valence-corrected chi connectivity index (χ0v) is 20.8. The number of hydrogen-bond donors (Lipinski definition) is 1. The molecule has 1 amide bonds. The van der Waals surface area contributed by atoms with Gasteiger partial charge in [0.05, 0.1) is 7.11 Å².